The van der Waals surface area contributed by atoms with E-state index in [4.69, 9.17) is 4.74 Å². The highest BCUT2D eigenvalue weighted by atomic mass is 19.4. The molecule has 0 aromatic heterocycles. The first-order chi connectivity index (χ1) is 15.4. The summed E-state index contributed by atoms with van der Waals surface area (Å²) in [4.78, 5) is 25.6. The summed E-state index contributed by atoms with van der Waals surface area (Å²) in [5, 5.41) is 11.3. The number of rotatable bonds is 5. The molecule has 1 aliphatic heterocycles. The number of ether oxygens (including phenoxy) is 1. The molecule has 0 spiro atoms. The van der Waals surface area contributed by atoms with Gasteiger partial charge in [0.25, 0.3) is 11.6 Å². The van der Waals surface area contributed by atoms with Gasteiger partial charge in [-0.1, -0.05) is 6.07 Å². The summed E-state index contributed by atoms with van der Waals surface area (Å²) in [5.41, 5.74) is -2.75. The topological polar surface area (TPSA) is 75.9 Å². The van der Waals surface area contributed by atoms with E-state index in [-0.39, 0.29) is 37.6 Å². The molecular weight excluding hydrogens is 460 g/mol. The lowest BCUT2D eigenvalue weighted by molar-refractivity contribution is -0.384. The summed E-state index contributed by atoms with van der Waals surface area (Å²) < 4.78 is 82.1. The Balaban J connectivity index is 1.61. The number of hydrogen-bond acceptors (Lipinski definition) is 5. The lowest BCUT2D eigenvalue weighted by atomic mass is 10.1. The van der Waals surface area contributed by atoms with Crippen LogP contribution >= 0.6 is 0 Å². The Bertz CT molecular complexity index is 1030. The number of alkyl halides is 6. The predicted octanol–water partition coefficient (Wildman–Crippen LogP) is 4.36. The number of nitro groups is 1. The molecule has 0 N–H and O–H groups in total. The van der Waals surface area contributed by atoms with Crippen LogP contribution in [0.25, 0.3) is 0 Å². The van der Waals surface area contributed by atoms with Gasteiger partial charge in [-0.05, 0) is 30.3 Å². The lowest BCUT2D eigenvalue weighted by Gasteiger charge is -2.35. The molecule has 13 heteroatoms. The first kappa shape index (κ1) is 24.1. The Morgan fingerprint density at radius 1 is 0.939 bits per heavy atom. The zero-order chi connectivity index (χ0) is 24.4. The van der Waals surface area contributed by atoms with Gasteiger partial charge in [0.05, 0.1) is 16.1 Å². The predicted molar refractivity (Wildman–Crippen MR) is 104 cm³/mol. The maximum atomic E-state index is 12.9. The summed E-state index contributed by atoms with van der Waals surface area (Å²) in [5.74, 6) is -0.633. The van der Waals surface area contributed by atoms with Crippen LogP contribution < -0.4 is 9.64 Å². The molecule has 1 saturated heterocycles. The van der Waals surface area contributed by atoms with Crippen molar-refractivity contribution in [1.82, 2.24) is 4.90 Å². The molecule has 2 aromatic carbocycles. The first-order valence-corrected chi connectivity index (χ1v) is 9.54. The van der Waals surface area contributed by atoms with E-state index >= 15 is 0 Å². The Kier molecular flexibility index (Phi) is 6.70. The van der Waals surface area contributed by atoms with Gasteiger partial charge in [-0.3, -0.25) is 14.9 Å². The van der Waals surface area contributed by atoms with Crippen LogP contribution in [-0.4, -0.2) is 48.5 Å². The molecule has 1 amide bonds. The molecule has 1 aliphatic rings. The molecule has 1 heterocycles. The Morgan fingerprint density at radius 2 is 1.55 bits per heavy atom. The molecule has 7 nitrogen and oxygen atoms in total. The van der Waals surface area contributed by atoms with E-state index in [1.165, 1.54) is 15.9 Å². The van der Waals surface area contributed by atoms with Crippen molar-refractivity contribution in [1.29, 1.82) is 0 Å². The number of anilines is 1. The molecule has 0 aliphatic carbocycles. The van der Waals surface area contributed by atoms with Gasteiger partial charge in [0, 0.05) is 32.2 Å². The quantitative estimate of drug-likeness (QED) is 0.364. The zero-order valence-electron chi connectivity index (χ0n) is 16.8. The molecule has 3 rings (SSSR count). The van der Waals surface area contributed by atoms with Crippen molar-refractivity contribution in [3.05, 3.63) is 63.7 Å². The number of piperazine rings is 1. The van der Waals surface area contributed by atoms with E-state index in [9.17, 15) is 41.3 Å². The summed E-state index contributed by atoms with van der Waals surface area (Å²) in [6, 6.07) is 6.32. The molecule has 0 saturated carbocycles. The number of carbonyl (C=O) groups is 1. The number of nitro benzene ring substituents is 1. The number of halogens is 6. The summed E-state index contributed by atoms with van der Waals surface area (Å²) >= 11 is 0. The second-order valence-corrected chi connectivity index (χ2v) is 7.14. The minimum atomic E-state index is -4.73. The van der Waals surface area contributed by atoms with Crippen LogP contribution in [-0.2, 0) is 17.1 Å². The number of benzene rings is 2. The van der Waals surface area contributed by atoms with E-state index in [0.717, 1.165) is 30.3 Å². The fraction of sp³-hybridized carbons (Fsp3) is 0.350. The van der Waals surface area contributed by atoms with Crippen LogP contribution in [0.15, 0.2) is 42.5 Å². The Morgan fingerprint density at radius 3 is 2.12 bits per heavy atom. The van der Waals surface area contributed by atoms with Crippen molar-refractivity contribution in [2.75, 3.05) is 37.7 Å². The van der Waals surface area contributed by atoms with Crippen LogP contribution in [0.1, 0.15) is 11.1 Å². The minimum absolute atomic E-state index is 0.000291. The van der Waals surface area contributed by atoms with Crippen LogP contribution in [0.2, 0.25) is 0 Å². The monoisotopic (exact) mass is 477 g/mol. The van der Waals surface area contributed by atoms with Crippen LogP contribution in [0.4, 0.5) is 37.7 Å². The smallest absolute Gasteiger partial charge is 0.416 e. The van der Waals surface area contributed by atoms with Gasteiger partial charge in [0.2, 0.25) is 0 Å². The normalized spacial score (nSPS) is 14.8. The number of amides is 1. The Hall–Kier alpha value is -3.51. The van der Waals surface area contributed by atoms with Gasteiger partial charge in [0.15, 0.2) is 6.61 Å². The van der Waals surface area contributed by atoms with Crippen LogP contribution in [0.3, 0.4) is 0 Å². The van der Waals surface area contributed by atoms with Gasteiger partial charge < -0.3 is 14.5 Å². The molecule has 0 radical (unpaired) electrons. The highest BCUT2D eigenvalue weighted by molar-refractivity contribution is 5.78. The van der Waals surface area contributed by atoms with Crippen molar-refractivity contribution in [2.45, 2.75) is 12.4 Å². The highest BCUT2D eigenvalue weighted by Crippen LogP contribution is 2.37. The van der Waals surface area contributed by atoms with Crippen molar-refractivity contribution < 1.29 is 40.8 Å². The van der Waals surface area contributed by atoms with Crippen molar-refractivity contribution >= 4 is 17.3 Å². The van der Waals surface area contributed by atoms with Gasteiger partial charge in [-0.25, -0.2) is 0 Å². The maximum absolute atomic E-state index is 12.9. The van der Waals surface area contributed by atoms with Crippen LogP contribution in [0, 0.1) is 10.1 Å². The van der Waals surface area contributed by atoms with Gasteiger partial charge in [-0.2, -0.15) is 26.3 Å². The zero-order valence-corrected chi connectivity index (χ0v) is 16.8. The van der Waals surface area contributed by atoms with Crippen molar-refractivity contribution in [3.63, 3.8) is 0 Å². The van der Waals surface area contributed by atoms with E-state index < -0.39 is 46.6 Å². The third-order valence-corrected chi connectivity index (χ3v) is 5.00. The average molecular weight is 477 g/mol. The average Bonchev–Trinajstić information content (AvgIpc) is 2.76. The van der Waals surface area contributed by atoms with E-state index in [2.05, 4.69) is 0 Å². The number of nitrogens with zero attached hydrogens (tertiary/aromatic N) is 3. The highest BCUT2D eigenvalue weighted by Gasteiger charge is 2.34. The third-order valence-electron chi connectivity index (χ3n) is 5.00. The van der Waals surface area contributed by atoms with E-state index in [0.29, 0.717) is 6.07 Å². The lowest BCUT2D eigenvalue weighted by Crippen LogP contribution is -2.50. The molecule has 0 atom stereocenters. The largest absolute Gasteiger partial charge is 0.484 e. The number of carbonyl (C=O) groups excluding carboxylic acids is 1. The number of hydrogen-bond donors (Lipinski definition) is 0. The summed E-state index contributed by atoms with van der Waals surface area (Å²) in [6.07, 6.45) is -9.28. The minimum Gasteiger partial charge on any atom is -0.484 e. The van der Waals surface area contributed by atoms with Crippen LogP contribution in [0.5, 0.6) is 5.75 Å². The molecular formula is C20H17F6N3O4. The molecule has 2 aromatic rings. The maximum Gasteiger partial charge on any atom is 0.416 e. The van der Waals surface area contributed by atoms with Gasteiger partial charge in [-0.15, -0.1) is 0 Å². The van der Waals surface area contributed by atoms with E-state index in [1.807, 2.05) is 0 Å². The Labute approximate surface area is 183 Å². The molecule has 0 bridgehead atoms. The fourth-order valence-corrected chi connectivity index (χ4v) is 3.31. The summed E-state index contributed by atoms with van der Waals surface area (Å²) in [6.45, 7) is -0.0866. The third kappa shape index (κ3) is 5.84. The molecule has 178 valence electrons. The van der Waals surface area contributed by atoms with Gasteiger partial charge >= 0.3 is 12.4 Å². The van der Waals surface area contributed by atoms with Crippen molar-refractivity contribution in [3.8, 4) is 5.75 Å². The molecule has 33 heavy (non-hydrogen) atoms. The second-order valence-electron chi connectivity index (χ2n) is 7.14. The summed E-state index contributed by atoms with van der Waals surface area (Å²) in [7, 11) is 0. The van der Waals surface area contributed by atoms with Crippen molar-refractivity contribution in [2.24, 2.45) is 0 Å². The standard InChI is InChI=1S/C20H17F6N3O4/c21-19(22,23)13-2-1-3-15(10-13)33-12-18(30)28-8-6-27(7-9-28)16-5-4-14(20(24,25)26)11-17(16)29(31)32/h1-5,10-11H,6-9,12H2. The SMILES string of the molecule is O=C(COc1cccc(C(F)(F)F)c1)N1CCN(c2ccc(C(F)(F)F)cc2[N+](=O)[O-])CC1. The molecule has 0 unspecified atom stereocenters. The first-order valence-electron chi connectivity index (χ1n) is 9.54. The van der Waals surface area contributed by atoms with Gasteiger partial charge in [0.1, 0.15) is 11.4 Å². The fourth-order valence-electron chi connectivity index (χ4n) is 3.31. The second kappa shape index (κ2) is 9.16. The van der Waals surface area contributed by atoms with E-state index in [1.54, 1.807) is 0 Å². The molecule has 1 fully saturated rings.